The molecule has 1 aliphatic heterocycles. The molecule has 0 atom stereocenters. The normalized spacial score (nSPS) is 17.2. The second kappa shape index (κ2) is 3.90. The van der Waals surface area contributed by atoms with Crippen molar-refractivity contribution in [1.82, 2.24) is 19.7 Å². The Hall–Kier alpha value is -1.80. The molecule has 0 amide bonds. The maximum atomic E-state index is 12.5. The minimum absolute atomic E-state index is 0.146. The Morgan fingerprint density at radius 1 is 1.35 bits per heavy atom. The first kappa shape index (κ1) is 11.7. The lowest BCUT2D eigenvalue weighted by molar-refractivity contribution is -0.147. The van der Waals surface area contributed by atoms with Gasteiger partial charge in [0.1, 0.15) is 0 Å². The van der Waals surface area contributed by atoms with Crippen molar-refractivity contribution in [2.24, 2.45) is 10.7 Å². The molecule has 0 unspecified atom stereocenters. The number of aliphatic imine (C=N–C) groups is 1. The van der Waals surface area contributed by atoms with E-state index in [1.807, 2.05) is 0 Å². The second-order valence-corrected chi connectivity index (χ2v) is 3.59. The first-order valence-electron chi connectivity index (χ1n) is 4.90. The smallest absolute Gasteiger partial charge is 0.370 e. The van der Waals surface area contributed by atoms with Crippen LogP contribution in [-0.4, -0.2) is 39.2 Å². The summed E-state index contributed by atoms with van der Waals surface area (Å²) in [7, 11) is 1.52. The molecule has 6 nitrogen and oxygen atoms in total. The molecule has 2 heterocycles. The Labute approximate surface area is 94.9 Å². The number of nitrogens with zero attached hydrogens (tertiary/aromatic N) is 5. The maximum absolute atomic E-state index is 12.5. The molecular weight excluding hydrogens is 237 g/mol. The Morgan fingerprint density at radius 2 is 2.06 bits per heavy atom. The molecule has 0 fully saturated rings. The van der Waals surface area contributed by atoms with Crippen molar-refractivity contribution in [3.8, 4) is 0 Å². The third kappa shape index (κ3) is 2.04. The van der Waals surface area contributed by atoms with Gasteiger partial charge in [0.2, 0.25) is 5.82 Å². The number of hydrogen-bond donors (Lipinski definition) is 1. The number of aromatic nitrogens is 3. The number of nitrogens with two attached hydrogens (primary N) is 1. The lowest BCUT2D eigenvalue weighted by Crippen LogP contribution is -2.43. The van der Waals surface area contributed by atoms with Crippen LogP contribution in [0.3, 0.4) is 0 Å². The fourth-order valence-corrected chi connectivity index (χ4v) is 1.70. The van der Waals surface area contributed by atoms with Gasteiger partial charge in [0.25, 0.3) is 0 Å². The standard InChI is InChI=1S/C8H11F3N6/c1-13-7(12)16-2-3-17-5(4-16)14-15-6(17)8(9,10)11/h2-4H2,1H3,(H2,12,13). The Balaban J connectivity index is 2.28. The van der Waals surface area contributed by atoms with Crippen LogP contribution in [0.4, 0.5) is 13.2 Å². The van der Waals surface area contributed by atoms with Crippen LogP contribution in [0.25, 0.3) is 0 Å². The van der Waals surface area contributed by atoms with E-state index in [0.29, 0.717) is 6.54 Å². The SMILES string of the molecule is CN=C(N)N1CCn2c(nnc2C(F)(F)F)C1. The molecule has 94 valence electrons. The van der Waals surface area contributed by atoms with E-state index in [0.717, 1.165) is 4.57 Å². The molecule has 1 aliphatic rings. The van der Waals surface area contributed by atoms with Crippen molar-refractivity contribution in [3.05, 3.63) is 11.6 Å². The van der Waals surface area contributed by atoms with Crippen LogP contribution in [0.1, 0.15) is 11.6 Å². The van der Waals surface area contributed by atoms with Crippen LogP contribution in [0.15, 0.2) is 4.99 Å². The van der Waals surface area contributed by atoms with Crippen LogP contribution in [0, 0.1) is 0 Å². The topological polar surface area (TPSA) is 72.3 Å². The third-order valence-corrected chi connectivity index (χ3v) is 2.56. The van der Waals surface area contributed by atoms with Crippen molar-refractivity contribution < 1.29 is 13.2 Å². The summed E-state index contributed by atoms with van der Waals surface area (Å²) in [5.41, 5.74) is 5.59. The number of rotatable bonds is 0. The van der Waals surface area contributed by atoms with Gasteiger partial charge in [-0.25, -0.2) is 0 Å². The van der Waals surface area contributed by atoms with E-state index >= 15 is 0 Å². The zero-order valence-corrected chi connectivity index (χ0v) is 9.07. The average Bonchev–Trinajstić information content (AvgIpc) is 2.70. The number of fused-ring (bicyclic) bond motifs is 1. The van der Waals surface area contributed by atoms with Gasteiger partial charge >= 0.3 is 6.18 Å². The van der Waals surface area contributed by atoms with E-state index in [1.54, 1.807) is 4.90 Å². The molecular formula is C8H11F3N6. The molecule has 0 bridgehead atoms. The highest BCUT2D eigenvalue weighted by atomic mass is 19.4. The summed E-state index contributed by atoms with van der Waals surface area (Å²) in [4.78, 5) is 5.44. The molecule has 17 heavy (non-hydrogen) atoms. The maximum Gasteiger partial charge on any atom is 0.451 e. The number of guanidine groups is 1. The van der Waals surface area contributed by atoms with Gasteiger partial charge in [0, 0.05) is 20.1 Å². The van der Waals surface area contributed by atoms with Gasteiger partial charge in [-0.3, -0.25) is 4.99 Å². The van der Waals surface area contributed by atoms with E-state index in [1.165, 1.54) is 7.05 Å². The quantitative estimate of drug-likeness (QED) is 0.520. The van der Waals surface area contributed by atoms with Crippen molar-refractivity contribution in [2.45, 2.75) is 19.3 Å². The predicted molar refractivity (Wildman–Crippen MR) is 53.0 cm³/mol. The summed E-state index contributed by atoms with van der Waals surface area (Å²) in [5.74, 6) is -0.429. The predicted octanol–water partition coefficient (Wildman–Crippen LogP) is 0.0570. The highest BCUT2D eigenvalue weighted by Gasteiger charge is 2.39. The third-order valence-electron chi connectivity index (χ3n) is 2.56. The Morgan fingerprint density at radius 3 is 2.65 bits per heavy atom. The monoisotopic (exact) mass is 248 g/mol. The Kier molecular flexibility index (Phi) is 2.68. The molecule has 1 aromatic heterocycles. The summed E-state index contributed by atoms with van der Waals surface area (Å²) in [6, 6.07) is 0. The molecule has 0 aromatic carbocycles. The van der Waals surface area contributed by atoms with Crippen LogP contribution >= 0.6 is 0 Å². The summed E-state index contributed by atoms with van der Waals surface area (Å²) in [6.07, 6.45) is -4.47. The van der Waals surface area contributed by atoms with Crippen molar-refractivity contribution in [3.63, 3.8) is 0 Å². The van der Waals surface area contributed by atoms with E-state index in [4.69, 9.17) is 5.73 Å². The summed E-state index contributed by atoms with van der Waals surface area (Å²) >= 11 is 0. The van der Waals surface area contributed by atoms with E-state index in [-0.39, 0.29) is 24.9 Å². The number of alkyl halides is 3. The largest absolute Gasteiger partial charge is 0.451 e. The van der Waals surface area contributed by atoms with Gasteiger partial charge in [0.05, 0.1) is 6.54 Å². The molecule has 0 saturated carbocycles. The molecule has 9 heteroatoms. The average molecular weight is 248 g/mol. The molecule has 0 aliphatic carbocycles. The van der Waals surface area contributed by atoms with Gasteiger partial charge in [-0.15, -0.1) is 10.2 Å². The van der Waals surface area contributed by atoms with Crippen molar-refractivity contribution in [2.75, 3.05) is 13.6 Å². The van der Waals surface area contributed by atoms with Crippen molar-refractivity contribution in [1.29, 1.82) is 0 Å². The van der Waals surface area contributed by atoms with Gasteiger partial charge < -0.3 is 15.2 Å². The van der Waals surface area contributed by atoms with Crippen LogP contribution in [0.5, 0.6) is 0 Å². The molecule has 0 saturated heterocycles. The fourth-order valence-electron chi connectivity index (χ4n) is 1.70. The highest BCUT2D eigenvalue weighted by Crippen LogP contribution is 2.29. The zero-order chi connectivity index (χ0) is 12.6. The lowest BCUT2D eigenvalue weighted by Gasteiger charge is -2.28. The molecule has 0 radical (unpaired) electrons. The second-order valence-electron chi connectivity index (χ2n) is 3.59. The van der Waals surface area contributed by atoms with Crippen LogP contribution in [0.2, 0.25) is 0 Å². The van der Waals surface area contributed by atoms with E-state index in [2.05, 4.69) is 15.2 Å². The summed E-state index contributed by atoms with van der Waals surface area (Å²) < 4.78 is 38.7. The summed E-state index contributed by atoms with van der Waals surface area (Å²) in [5, 5.41) is 6.70. The van der Waals surface area contributed by atoms with E-state index < -0.39 is 12.0 Å². The van der Waals surface area contributed by atoms with Gasteiger partial charge in [-0.2, -0.15) is 13.2 Å². The van der Waals surface area contributed by atoms with Crippen molar-refractivity contribution >= 4 is 5.96 Å². The minimum Gasteiger partial charge on any atom is -0.370 e. The highest BCUT2D eigenvalue weighted by molar-refractivity contribution is 5.77. The molecule has 0 spiro atoms. The number of hydrogen-bond acceptors (Lipinski definition) is 3. The molecule has 2 N–H and O–H groups in total. The zero-order valence-electron chi connectivity index (χ0n) is 9.07. The van der Waals surface area contributed by atoms with Crippen LogP contribution in [-0.2, 0) is 19.3 Å². The lowest BCUT2D eigenvalue weighted by atomic mass is 10.3. The first-order valence-corrected chi connectivity index (χ1v) is 4.90. The van der Waals surface area contributed by atoms with E-state index in [9.17, 15) is 13.2 Å². The van der Waals surface area contributed by atoms with Gasteiger partial charge in [0.15, 0.2) is 11.8 Å². The summed E-state index contributed by atoms with van der Waals surface area (Å²) in [6.45, 7) is 0.691. The van der Waals surface area contributed by atoms with Gasteiger partial charge in [-0.1, -0.05) is 0 Å². The first-order chi connectivity index (χ1) is 7.93. The molecule has 1 aromatic rings. The van der Waals surface area contributed by atoms with Crippen LogP contribution < -0.4 is 5.73 Å². The number of halogens is 3. The Bertz CT molecular complexity index is 449. The van der Waals surface area contributed by atoms with Gasteiger partial charge in [-0.05, 0) is 0 Å². The minimum atomic E-state index is -4.47. The fraction of sp³-hybridized carbons (Fsp3) is 0.625. The molecule has 2 rings (SSSR count).